The fourth-order valence-electron chi connectivity index (χ4n) is 3.49. The van der Waals surface area contributed by atoms with Gasteiger partial charge in [-0.2, -0.15) is 0 Å². The van der Waals surface area contributed by atoms with Crippen LogP contribution in [0.5, 0.6) is 0 Å². The van der Waals surface area contributed by atoms with E-state index in [0.29, 0.717) is 23.6 Å². The minimum Gasteiger partial charge on any atom is -0.334 e. The molecule has 0 spiro atoms. The van der Waals surface area contributed by atoms with Crippen molar-refractivity contribution in [3.63, 3.8) is 0 Å². The highest BCUT2D eigenvalue weighted by Crippen LogP contribution is 2.34. The molecule has 1 aromatic heterocycles. The molecule has 0 aliphatic carbocycles. The summed E-state index contributed by atoms with van der Waals surface area (Å²) in [5, 5.41) is 3.44. The summed E-state index contributed by atoms with van der Waals surface area (Å²) < 4.78 is 1.81. The van der Waals surface area contributed by atoms with Crippen LogP contribution in [0.2, 0.25) is 0 Å². The molecule has 0 saturated carbocycles. The molecule has 98 valence electrons. The summed E-state index contributed by atoms with van der Waals surface area (Å²) in [4.78, 5) is 18.7. The maximum atomic E-state index is 12.6. The number of hydrogen-bond acceptors (Lipinski definition) is 3. The lowest BCUT2D eigenvalue weighted by Crippen LogP contribution is -2.40. The van der Waals surface area contributed by atoms with Gasteiger partial charge in [-0.05, 0) is 18.3 Å². The lowest BCUT2D eigenvalue weighted by atomic mass is 9.93. The number of likely N-dealkylation sites (tertiary alicyclic amines) is 1. The average molecular weight is 248 g/mol. The Balaban J connectivity index is 1.84. The number of amides is 1. The van der Waals surface area contributed by atoms with E-state index < -0.39 is 0 Å². The first-order chi connectivity index (χ1) is 8.72. The fraction of sp³-hybridized carbons (Fsp3) is 0.692. The Morgan fingerprint density at radius 1 is 1.56 bits per heavy atom. The van der Waals surface area contributed by atoms with Crippen molar-refractivity contribution >= 4 is 5.91 Å². The standard InChI is InChI=1S/C13H20N4O/c1-3-11-10-5-14-4-9(10)7-17(11)13(18)12-6-15-8-16(12)2/h6,8-11,14H,3-5,7H2,1-2H3. The summed E-state index contributed by atoms with van der Waals surface area (Å²) in [6.45, 7) is 5.17. The van der Waals surface area contributed by atoms with Crippen molar-refractivity contribution in [2.45, 2.75) is 19.4 Å². The largest absolute Gasteiger partial charge is 0.334 e. The van der Waals surface area contributed by atoms with Crippen molar-refractivity contribution in [3.8, 4) is 0 Å². The molecule has 0 aromatic carbocycles. The third kappa shape index (κ3) is 1.65. The number of nitrogens with zero attached hydrogens (tertiary/aromatic N) is 3. The Morgan fingerprint density at radius 3 is 3.06 bits per heavy atom. The van der Waals surface area contributed by atoms with Crippen LogP contribution in [0.15, 0.2) is 12.5 Å². The first-order valence-electron chi connectivity index (χ1n) is 6.70. The molecule has 5 heteroatoms. The highest BCUT2D eigenvalue weighted by molar-refractivity contribution is 5.92. The van der Waals surface area contributed by atoms with Crippen LogP contribution in [0.25, 0.3) is 0 Å². The summed E-state index contributed by atoms with van der Waals surface area (Å²) in [5.41, 5.74) is 0.696. The Kier molecular flexibility index (Phi) is 2.86. The van der Waals surface area contributed by atoms with Gasteiger partial charge < -0.3 is 14.8 Å². The van der Waals surface area contributed by atoms with Crippen molar-refractivity contribution in [2.75, 3.05) is 19.6 Å². The topological polar surface area (TPSA) is 50.2 Å². The number of hydrogen-bond donors (Lipinski definition) is 1. The molecule has 1 aromatic rings. The number of carbonyl (C=O) groups excluding carboxylic acids is 1. The van der Waals surface area contributed by atoms with Crippen LogP contribution in [0, 0.1) is 11.8 Å². The van der Waals surface area contributed by atoms with Crippen LogP contribution in [0.1, 0.15) is 23.8 Å². The molecule has 5 nitrogen and oxygen atoms in total. The third-order valence-corrected chi connectivity index (χ3v) is 4.43. The van der Waals surface area contributed by atoms with Gasteiger partial charge in [0.2, 0.25) is 0 Å². The maximum absolute atomic E-state index is 12.6. The van der Waals surface area contributed by atoms with Crippen LogP contribution < -0.4 is 5.32 Å². The normalized spacial score (nSPS) is 30.8. The van der Waals surface area contributed by atoms with E-state index in [9.17, 15) is 4.79 Å². The first kappa shape index (κ1) is 11.7. The molecule has 3 heterocycles. The van der Waals surface area contributed by atoms with Crippen LogP contribution >= 0.6 is 0 Å². The van der Waals surface area contributed by atoms with Gasteiger partial charge in [0.1, 0.15) is 5.69 Å². The number of fused-ring (bicyclic) bond motifs is 1. The smallest absolute Gasteiger partial charge is 0.272 e. The zero-order chi connectivity index (χ0) is 12.7. The average Bonchev–Trinajstić information content (AvgIpc) is 3.01. The molecule has 18 heavy (non-hydrogen) atoms. The molecule has 2 saturated heterocycles. The number of carbonyl (C=O) groups is 1. The molecule has 2 aliphatic rings. The summed E-state index contributed by atoms with van der Waals surface area (Å²) in [7, 11) is 1.87. The Hall–Kier alpha value is -1.36. The minimum absolute atomic E-state index is 0.135. The minimum atomic E-state index is 0.135. The van der Waals surface area contributed by atoms with Crippen molar-refractivity contribution < 1.29 is 4.79 Å². The number of aryl methyl sites for hydroxylation is 1. The first-order valence-corrected chi connectivity index (χ1v) is 6.70. The van der Waals surface area contributed by atoms with Gasteiger partial charge in [-0.25, -0.2) is 4.98 Å². The van der Waals surface area contributed by atoms with Crippen LogP contribution in [-0.2, 0) is 7.05 Å². The predicted octanol–water partition coefficient (Wildman–Crippen LogP) is 0.490. The van der Waals surface area contributed by atoms with E-state index in [4.69, 9.17) is 0 Å². The fourth-order valence-corrected chi connectivity index (χ4v) is 3.49. The highest BCUT2D eigenvalue weighted by atomic mass is 16.2. The second-order valence-electron chi connectivity index (χ2n) is 5.41. The van der Waals surface area contributed by atoms with Crippen LogP contribution in [-0.4, -0.2) is 46.0 Å². The van der Waals surface area contributed by atoms with Crippen molar-refractivity contribution in [3.05, 3.63) is 18.2 Å². The lowest BCUT2D eigenvalue weighted by Gasteiger charge is -2.26. The van der Waals surface area contributed by atoms with Crippen LogP contribution in [0.3, 0.4) is 0 Å². The Morgan fingerprint density at radius 2 is 2.39 bits per heavy atom. The SMILES string of the molecule is CCC1C2CNCC2CN1C(=O)c1cncn1C. The molecule has 3 atom stereocenters. The molecule has 3 unspecified atom stereocenters. The zero-order valence-electron chi connectivity index (χ0n) is 11.0. The Bertz CT molecular complexity index is 456. The summed E-state index contributed by atoms with van der Waals surface area (Å²) >= 11 is 0. The van der Waals surface area contributed by atoms with E-state index in [-0.39, 0.29) is 5.91 Å². The molecular formula is C13H20N4O. The van der Waals surface area contributed by atoms with E-state index in [1.165, 1.54) is 0 Å². The maximum Gasteiger partial charge on any atom is 0.272 e. The highest BCUT2D eigenvalue weighted by Gasteiger charge is 2.45. The van der Waals surface area contributed by atoms with Gasteiger partial charge in [0, 0.05) is 32.7 Å². The van der Waals surface area contributed by atoms with E-state index in [2.05, 4.69) is 22.1 Å². The molecule has 1 N–H and O–H groups in total. The molecule has 0 radical (unpaired) electrons. The number of imidazole rings is 1. The van der Waals surface area contributed by atoms with E-state index >= 15 is 0 Å². The molecule has 3 rings (SSSR count). The van der Waals surface area contributed by atoms with Crippen molar-refractivity contribution in [2.24, 2.45) is 18.9 Å². The second kappa shape index (κ2) is 4.39. The van der Waals surface area contributed by atoms with Crippen LogP contribution in [0.4, 0.5) is 0 Å². The van der Waals surface area contributed by atoms with E-state index in [0.717, 1.165) is 26.1 Å². The number of nitrogens with one attached hydrogen (secondary N) is 1. The predicted molar refractivity (Wildman–Crippen MR) is 68.2 cm³/mol. The van der Waals surface area contributed by atoms with Gasteiger partial charge in [0.25, 0.3) is 5.91 Å². The Labute approximate surface area is 107 Å². The molecule has 2 aliphatic heterocycles. The molecular weight excluding hydrogens is 228 g/mol. The number of rotatable bonds is 2. The quantitative estimate of drug-likeness (QED) is 0.828. The summed E-state index contributed by atoms with van der Waals surface area (Å²) in [6.07, 6.45) is 4.39. The monoisotopic (exact) mass is 248 g/mol. The van der Waals surface area contributed by atoms with E-state index in [1.807, 2.05) is 7.05 Å². The van der Waals surface area contributed by atoms with Crippen molar-refractivity contribution in [1.82, 2.24) is 19.8 Å². The van der Waals surface area contributed by atoms with Gasteiger partial charge in [-0.1, -0.05) is 6.92 Å². The van der Waals surface area contributed by atoms with Gasteiger partial charge in [0.05, 0.1) is 12.5 Å². The summed E-state index contributed by atoms with van der Waals surface area (Å²) in [5.74, 6) is 1.40. The molecule has 0 bridgehead atoms. The third-order valence-electron chi connectivity index (χ3n) is 4.43. The second-order valence-corrected chi connectivity index (χ2v) is 5.41. The molecule has 2 fully saturated rings. The van der Waals surface area contributed by atoms with Gasteiger partial charge in [-0.15, -0.1) is 0 Å². The molecule has 1 amide bonds. The number of aromatic nitrogens is 2. The lowest BCUT2D eigenvalue weighted by molar-refractivity contribution is 0.0702. The van der Waals surface area contributed by atoms with Crippen molar-refractivity contribution in [1.29, 1.82) is 0 Å². The van der Waals surface area contributed by atoms with E-state index in [1.54, 1.807) is 17.1 Å². The van der Waals surface area contributed by atoms with Gasteiger partial charge in [-0.3, -0.25) is 4.79 Å². The zero-order valence-corrected chi connectivity index (χ0v) is 11.0. The van der Waals surface area contributed by atoms with Gasteiger partial charge >= 0.3 is 0 Å². The van der Waals surface area contributed by atoms with Gasteiger partial charge in [0.15, 0.2) is 0 Å². The summed E-state index contributed by atoms with van der Waals surface area (Å²) in [6, 6.07) is 0.382.